The lowest BCUT2D eigenvalue weighted by Crippen LogP contribution is -2.49. The fourth-order valence-electron chi connectivity index (χ4n) is 3.16. The summed E-state index contributed by atoms with van der Waals surface area (Å²) in [5, 5.41) is 6.56. The van der Waals surface area contributed by atoms with Crippen LogP contribution in [-0.2, 0) is 6.54 Å². The topological polar surface area (TPSA) is 80.1 Å². The van der Waals surface area contributed by atoms with Crippen molar-refractivity contribution in [2.75, 3.05) is 45.7 Å². The van der Waals surface area contributed by atoms with Gasteiger partial charge in [0.2, 0.25) is 0 Å². The van der Waals surface area contributed by atoms with Crippen molar-refractivity contribution in [3.8, 4) is 11.5 Å². The number of hydrogen-bond acceptors (Lipinski definition) is 6. The number of nitrogens with zero attached hydrogens (tertiary/aromatic N) is 3. The minimum atomic E-state index is -0.148. The summed E-state index contributed by atoms with van der Waals surface area (Å²) in [6.07, 6.45) is 0. The van der Waals surface area contributed by atoms with Gasteiger partial charge in [0.25, 0.3) is 0 Å². The average molecular weight is 374 g/mol. The van der Waals surface area contributed by atoms with Gasteiger partial charge in [-0.1, -0.05) is 5.16 Å². The largest absolute Gasteiger partial charge is 0.493 e. The molecular formula is C19H26N4O4. The van der Waals surface area contributed by atoms with Crippen LogP contribution in [0.2, 0.25) is 0 Å². The van der Waals surface area contributed by atoms with Crippen LogP contribution in [0.3, 0.4) is 0 Å². The van der Waals surface area contributed by atoms with Gasteiger partial charge >= 0.3 is 6.03 Å². The molecule has 146 valence electrons. The van der Waals surface area contributed by atoms with Gasteiger partial charge in [-0.05, 0) is 37.1 Å². The quantitative estimate of drug-likeness (QED) is 0.867. The summed E-state index contributed by atoms with van der Waals surface area (Å²) in [7, 11) is 3.28. The Balaban J connectivity index is 1.56. The molecule has 1 aromatic heterocycles. The SMILES string of the molecule is COc1cc(C)c(CN2CCN(C(=O)Nc3cc(C)on3)CC2)cc1OC. The number of aryl methyl sites for hydroxylation is 2. The average Bonchev–Trinajstić information content (AvgIpc) is 3.08. The van der Waals surface area contributed by atoms with Crippen LogP contribution in [0.4, 0.5) is 10.6 Å². The van der Waals surface area contributed by atoms with E-state index >= 15 is 0 Å². The van der Waals surface area contributed by atoms with Crippen LogP contribution in [0.25, 0.3) is 0 Å². The normalized spacial score (nSPS) is 14.9. The number of aromatic nitrogens is 1. The molecule has 1 fully saturated rings. The third-order valence-electron chi connectivity index (χ3n) is 4.76. The smallest absolute Gasteiger partial charge is 0.323 e. The maximum absolute atomic E-state index is 12.3. The van der Waals surface area contributed by atoms with E-state index in [-0.39, 0.29) is 6.03 Å². The number of piperazine rings is 1. The van der Waals surface area contributed by atoms with E-state index in [0.717, 1.165) is 36.7 Å². The van der Waals surface area contributed by atoms with Crippen LogP contribution in [0.5, 0.6) is 11.5 Å². The van der Waals surface area contributed by atoms with E-state index in [0.29, 0.717) is 24.7 Å². The predicted molar refractivity (Wildman–Crippen MR) is 101 cm³/mol. The Morgan fingerprint density at radius 2 is 1.78 bits per heavy atom. The van der Waals surface area contributed by atoms with Crippen molar-refractivity contribution in [3.63, 3.8) is 0 Å². The van der Waals surface area contributed by atoms with E-state index in [4.69, 9.17) is 14.0 Å². The van der Waals surface area contributed by atoms with E-state index in [1.807, 2.05) is 12.1 Å². The number of methoxy groups -OCH3 is 2. The number of hydrogen-bond donors (Lipinski definition) is 1. The van der Waals surface area contributed by atoms with Gasteiger partial charge in [-0.15, -0.1) is 0 Å². The second-order valence-electron chi connectivity index (χ2n) is 6.65. The molecule has 0 aliphatic carbocycles. The number of rotatable bonds is 5. The summed E-state index contributed by atoms with van der Waals surface area (Å²) in [5.74, 6) is 2.59. The molecule has 1 N–H and O–H groups in total. The van der Waals surface area contributed by atoms with Crippen molar-refractivity contribution in [2.45, 2.75) is 20.4 Å². The molecule has 0 bridgehead atoms. The molecule has 2 heterocycles. The lowest BCUT2D eigenvalue weighted by atomic mass is 10.1. The van der Waals surface area contributed by atoms with E-state index in [1.54, 1.807) is 32.1 Å². The molecule has 3 rings (SSSR count). The summed E-state index contributed by atoms with van der Waals surface area (Å²) < 4.78 is 15.7. The van der Waals surface area contributed by atoms with Crippen LogP contribution in [0, 0.1) is 13.8 Å². The highest BCUT2D eigenvalue weighted by Crippen LogP contribution is 2.31. The molecule has 0 spiro atoms. The standard InChI is InChI=1S/C19H26N4O4/c1-13-9-16(25-3)17(26-4)11-15(13)12-22-5-7-23(8-6-22)19(24)20-18-10-14(2)27-21-18/h9-11H,5-8,12H2,1-4H3,(H,20,21,24). The number of nitrogens with one attached hydrogen (secondary N) is 1. The van der Waals surface area contributed by atoms with Gasteiger partial charge in [-0.2, -0.15) is 0 Å². The molecular weight excluding hydrogens is 348 g/mol. The van der Waals surface area contributed by atoms with Crippen LogP contribution >= 0.6 is 0 Å². The van der Waals surface area contributed by atoms with Crippen LogP contribution < -0.4 is 14.8 Å². The number of amides is 2. The molecule has 1 saturated heterocycles. The predicted octanol–water partition coefficient (Wildman–Crippen LogP) is 2.66. The Morgan fingerprint density at radius 3 is 2.37 bits per heavy atom. The summed E-state index contributed by atoms with van der Waals surface area (Å²) in [4.78, 5) is 16.5. The minimum Gasteiger partial charge on any atom is -0.493 e. The molecule has 2 amide bonds. The highest BCUT2D eigenvalue weighted by atomic mass is 16.5. The van der Waals surface area contributed by atoms with Crippen molar-refractivity contribution in [2.24, 2.45) is 0 Å². The first-order valence-corrected chi connectivity index (χ1v) is 8.93. The molecule has 27 heavy (non-hydrogen) atoms. The first kappa shape index (κ1) is 19.0. The van der Waals surface area contributed by atoms with E-state index in [9.17, 15) is 4.79 Å². The van der Waals surface area contributed by atoms with Crippen molar-refractivity contribution in [1.29, 1.82) is 0 Å². The number of carbonyl (C=O) groups is 1. The van der Waals surface area contributed by atoms with Crippen molar-refractivity contribution < 1.29 is 18.8 Å². The van der Waals surface area contributed by atoms with Gasteiger partial charge in [0.15, 0.2) is 17.3 Å². The van der Waals surface area contributed by atoms with Crippen LogP contribution in [-0.4, -0.2) is 61.4 Å². The van der Waals surface area contributed by atoms with Crippen molar-refractivity contribution >= 4 is 11.8 Å². The molecule has 0 saturated carbocycles. The van der Waals surface area contributed by atoms with Gasteiger partial charge in [-0.25, -0.2) is 4.79 Å². The highest BCUT2D eigenvalue weighted by molar-refractivity contribution is 5.88. The highest BCUT2D eigenvalue weighted by Gasteiger charge is 2.22. The third-order valence-corrected chi connectivity index (χ3v) is 4.76. The van der Waals surface area contributed by atoms with Gasteiger partial charge < -0.3 is 18.9 Å². The molecule has 0 radical (unpaired) electrons. The fourth-order valence-corrected chi connectivity index (χ4v) is 3.16. The summed E-state index contributed by atoms with van der Waals surface area (Å²) in [6.45, 7) is 7.60. The number of carbonyl (C=O) groups excluding carboxylic acids is 1. The zero-order chi connectivity index (χ0) is 19.4. The Kier molecular flexibility index (Phi) is 5.85. The number of anilines is 1. The number of benzene rings is 1. The molecule has 1 aliphatic rings. The first-order chi connectivity index (χ1) is 13.0. The molecule has 1 aromatic carbocycles. The lowest BCUT2D eigenvalue weighted by Gasteiger charge is -2.34. The summed E-state index contributed by atoms with van der Waals surface area (Å²) >= 11 is 0. The molecule has 8 nitrogen and oxygen atoms in total. The Labute approximate surface area is 159 Å². The van der Waals surface area contributed by atoms with E-state index < -0.39 is 0 Å². The Morgan fingerprint density at radius 1 is 1.11 bits per heavy atom. The van der Waals surface area contributed by atoms with Crippen LogP contribution in [0.1, 0.15) is 16.9 Å². The summed E-state index contributed by atoms with van der Waals surface area (Å²) in [6, 6.07) is 5.58. The van der Waals surface area contributed by atoms with E-state index in [1.165, 1.54) is 5.56 Å². The fraction of sp³-hybridized carbons (Fsp3) is 0.474. The van der Waals surface area contributed by atoms with Crippen molar-refractivity contribution in [3.05, 3.63) is 35.1 Å². The second kappa shape index (κ2) is 8.30. The third kappa shape index (κ3) is 4.51. The van der Waals surface area contributed by atoms with Gasteiger partial charge in [0.1, 0.15) is 5.76 Å². The molecule has 0 atom stereocenters. The van der Waals surface area contributed by atoms with Gasteiger partial charge in [0, 0.05) is 38.8 Å². The lowest BCUT2D eigenvalue weighted by molar-refractivity contribution is 0.142. The van der Waals surface area contributed by atoms with Gasteiger partial charge in [-0.3, -0.25) is 10.2 Å². The molecule has 8 heteroatoms. The van der Waals surface area contributed by atoms with E-state index in [2.05, 4.69) is 22.3 Å². The Hall–Kier alpha value is -2.74. The Bertz CT molecular complexity index is 797. The second-order valence-corrected chi connectivity index (χ2v) is 6.65. The zero-order valence-corrected chi connectivity index (χ0v) is 16.2. The molecule has 0 unspecified atom stereocenters. The van der Waals surface area contributed by atoms with Crippen molar-refractivity contribution in [1.82, 2.24) is 15.0 Å². The van der Waals surface area contributed by atoms with Gasteiger partial charge in [0.05, 0.1) is 14.2 Å². The molecule has 1 aliphatic heterocycles. The first-order valence-electron chi connectivity index (χ1n) is 8.93. The molecule has 2 aromatic rings. The maximum Gasteiger partial charge on any atom is 0.323 e. The number of urea groups is 1. The monoisotopic (exact) mass is 374 g/mol. The number of ether oxygens (including phenoxy) is 2. The minimum absolute atomic E-state index is 0.148. The van der Waals surface area contributed by atoms with Crippen LogP contribution in [0.15, 0.2) is 22.7 Å². The maximum atomic E-state index is 12.3. The zero-order valence-electron chi connectivity index (χ0n) is 16.2. The summed E-state index contributed by atoms with van der Waals surface area (Å²) in [5.41, 5.74) is 2.36.